The standard InChI is InChI=1S/C10H11Br2N/c1-2-9-10(11,12)7-5-3-4-6-8(7)13-9/h3-6,9,13H,2H2,1H3. The Hall–Kier alpha value is -0.0200. The quantitative estimate of drug-likeness (QED) is 0.778. The molecule has 1 heterocycles. The predicted molar refractivity (Wildman–Crippen MR) is 63.7 cm³/mol. The van der Waals surface area contributed by atoms with Crippen molar-refractivity contribution < 1.29 is 0 Å². The molecule has 1 nitrogen and oxygen atoms in total. The maximum atomic E-state index is 3.72. The van der Waals surface area contributed by atoms with Gasteiger partial charge in [-0.15, -0.1) is 0 Å². The highest BCUT2D eigenvalue weighted by Gasteiger charge is 2.41. The summed E-state index contributed by atoms with van der Waals surface area (Å²) in [6.07, 6.45) is 1.09. The summed E-state index contributed by atoms with van der Waals surface area (Å²) in [6.45, 7) is 2.18. The molecule has 70 valence electrons. The van der Waals surface area contributed by atoms with Crippen molar-refractivity contribution in [2.24, 2.45) is 0 Å². The molecule has 0 saturated heterocycles. The van der Waals surface area contributed by atoms with Gasteiger partial charge in [-0.3, -0.25) is 0 Å². The first-order valence-corrected chi connectivity index (χ1v) is 5.98. The molecule has 0 spiro atoms. The lowest BCUT2D eigenvalue weighted by atomic mass is 10.1. The second-order valence-corrected chi connectivity index (χ2v) is 6.84. The number of fused-ring (bicyclic) bond motifs is 1. The second-order valence-electron chi connectivity index (χ2n) is 3.27. The number of para-hydroxylation sites is 1. The van der Waals surface area contributed by atoms with Crippen LogP contribution in [0, 0.1) is 0 Å². The van der Waals surface area contributed by atoms with Crippen LogP contribution in [-0.2, 0) is 3.23 Å². The lowest BCUT2D eigenvalue weighted by Crippen LogP contribution is -2.26. The highest BCUT2D eigenvalue weighted by molar-refractivity contribution is 9.24. The minimum absolute atomic E-state index is 0.0919. The van der Waals surface area contributed by atoms with Gasteiger partial charge in [-0.1, -0.05) is 57.0 Å². The van der Waals surface area contributed by atoms with Gasteiger partial charge in [0.1, 0.15) is 3.23 Å². The molecule has 1 aromatic carbocycles. The SMILES string of the molecule is CCC1Nc2ccccc2C1(Br)Br. The number of anilines is 1. The Morgan fingerprint density at radius 1 is 1.38 bits per heavy atom. The molecule has 1 aromatic rings. The topological polar surface area (TPSA) is 12.0 Å². The van der Waals surface area contributed by atoms with Crippen LogP contribution in [0.1, 0.15) is 18.9 Å². The van der Waals surface area contributed by atoms with Crippen LogP contribution in [0.5, 0.6) is 0 Å². The van der Waals surface area contributed by atoms with Crippen LogP contribution in [0.25, 0.3) is 0 Å². The maximum Gasteiger partial charge on any atom is 0.127 e. The first-order chi connectivity index (χ1) is 6.16. The summed E-state index contributed by atoms with van der Waals surface area (Å²) in [7, 11) is 0. The van der Waals surface area contributed by atoms with Crippen molar-refractivity contribution >= 4 is 37.5 Å². The van der Waals surface area contributed by atoms with Crippen molar-refractivity contribution in [2.45, 2.75) is 22.6 Å². The second kappa shape index (κ2) is 3.28. The van der Waals surface area contributed by atoms with E-state index >= 15 is 0 Å². The first kappa shape index (κ1) is 9.53. The van der Waals surface area contributed by atoms with E-state index in [4.69, 9.17) is 0 Å². The number of halogens is 2. The largest absolute Gasteiger partial charge is 0.379 e. The Bertz CT molecular complexity index is 322. The van der Waals surface area contributed by atoms with E-state index in [-0.39, 0.29) is 3.23 Å². The van der Waals surface area contributed by atoms with Gasteiger partial charge in [0.15, 0.2) is 0 Å². The molecular formula is C10H11Br2N. The van der Waals surface area contributed by atoms with E-state index in [0.717, 1.165) is 6.42 Å². The highest BCUT2D eigenvalue weighted by Crippen LogP contribution is 2.51. The number of hydrogen-bond acceptors (Lipinski definition) is 1. The van der Waals surface area contributed by atoms with Crippen LogP contribution in [0.3, 0.4) is 0 Å². The molecule has 1 unspecified atom stereocenters. The van der Waals surface area contributed by atoms with Crippen LogP contribution in [0.15, 0.2) is 24.3 Å². The zero-order chi connectivity index (χ0) is 9.47. The van der Waals surface area contributed by atoms with Crippen molar-refractivity contribution in [3.8, 4) is 0 Å². The highest BCUT2D eigenvalue weighted by atomic mass is 79.9. The fourth-order valence-corrected chi connectivity index (χ4v) is 3.29. The third-order valence-corrected chi connectivity index (χ3v) is 4.42. The minimum atomic E-state index is -0.0919. The Labute approximate surface area is 95.2 Å². The van der Waals surface area contributed by atoms with Gasteiger partial charge in [0.2, 0.25) is 0 Å². The van der Waals surface area contributed by atoms with Crippen molar-refractivity contribution in [2.75, 3.05) is 5.32 Å². The molecule has 1 aliphatic rings. The Morgan fingerprint density at radius 3 is 2.69 bits per heavy atom. The van der Waals surface area contributed by atoms with E-state index in [2.05, 4.69) is 68.4 Å². The number of nitrogens with one attached hydrogen (secondary N) is 1. The maximum absolute atomic E-state index is 3.72. The van der Waals surface area contributed by atoms with E-state index in [1.165, 1.54) is 11.3 Å². The summed E-state index contributed by atoms with van der Waals surface area (Å²) in [5.41, 5.74) is 2.52. The van der Waals surface area contributed by atoms with Gasteiger partial charge in [-0.05, 0) is 12.5 Å². The third-order valence-electron chi connectivity index (χ3n) is 2.46. The van der Waals surface area contributed by atoms with Gasteiger partial charge < -0.3 is 5.32 Å². The normalized spacial score (nSPS) is 23.8. The zero-order valence-corrected chi connectivity index (χ0v) is 10.5. The fourth-order valence-electron chi connectivity index (χ4n) is 1.72. The van der Waals surface area contributed by atoms with Crippen LogP contribution >= 0.6 is 31.9 Å². The van der Waals surface area contributed by atoms with Crippen molar-refractivity contribution in [1.29, 1.82) is 0 Å². The van der Waals surface area contributed by atoms with E-state index in [9.17, 15) is 0 Å². The molecule has 0 amide bonds. The van der Waals surface area contributed by atoms with Gasteiger partial charge in [-0.2, -0.15) is 0 Å². The molecule has 0 aliphatic carbocycles. The van der Waals surface area contributed by atoms with Crippen molar-refractivity contribution in [3.63, 3.8) is 0 Å². The summed E-state index contributed by atoms with van der Waals surface area (Å²) in [5.74, 6) is 0. The van der Waals surface area contributed by atoms with Crippen LogP contribution < -0.4 is 5.32 Å². The molecule has 1 aliphatic heterocycles. The van der Waals surface area contributed by atoms with E-state index in [0.29, 0.717) is 6.04 Å². The average molecular weight is 305 g/mol. The van der Waals surface area contributed by atoms with Gasteiger partial charge in [0, 0.05) is 11.3 Å². The Morgan fingerprint density at radius 2 is 2.08 bits per heavy atom. The van der Waals surface area contributed by atoms with Gasteiger partial charge in [0.05, 0.1) is 6.04 Å². The number of rotatable bonds is 1. The van der Waals surface area contributed by atoms with Gasteiger partial charge >= 0.3 is 0 Å². The summed E-state index contributed by atoms with van der Waals surface area (Å²) >= 11 is 7.44. The summed E-state index contributed by atoms with van der Waals surface area (Å²) in [4.78, 5) is 0. The van der Waals surface area contributed by atoms with E-state index in [1.54, 1.807) is 0 Å². The minimum Gasteiger partial charge on any atom is -0.379 e. The molecule has 0 aromatic heterocycles. The average Bonchev–Trinajstić information content (AvgIpc) is 2.39. The molecule has 1 N–H and O–H groups in total. The summed E-state index contributed by atoms with van der Waals surface area (Å²) < 4.78 is -0.0919. The van der Waals surface area contributed by atoms with Gasteiger partial charge in [-0.25, -0.2) is 0 Å². The lowest BCUT2D eigenvalue weighted by Gasteiger charge is -2.22. The van der Waals surface area contributed by atoms with Crippen molar-refractivity contribution in [3.05, 3.63) is 29.8 Å². The predicted octanol–water partition coefficient (Wildman–Crippen LogP) is 3.83. The van der Waals surface area contributed by atoms with E-state index in [1.807, 2.05) is 0 Å². The zero-order valence-electron chi connectivity index (χ0n) is 7.35. The smallest absolute Gasteiger partial charge is 0.127 e. The first-order valence-electron chi connectivity index (χ1n) is 4.40. The molecule has 0 radical (unpaired) electrons. The lowest BCUT2D eigenvalue weighted by molar-refractivity contribution is 0.692. The van der Waals surface area contributed by atoms with Crippen molar-refractivity contribution in [1.82, 2.24) is 0 Å². The number of hydrogen-bond donors (Lipinski definition) is 1. The van der Waals surface area contributed by atoms with Crippen LogP contribution in [0.4, 0.5) is 5.69 Å². The van der Waals surface area contributed by atoms with E-state index < -0.39 is 0 Å². The summed E-state index contributed by atoms with van der Waals surface area (Å²) in [6, 6.07) is 8.80. The van der Waals surface area contributed by atoms with Crippen LogP contribution in [-0.4, -0.2) is 6.04 Å². The molecular weight excluding hydrogens is 294 g/mol. The fraction of sp³-hybridized carbons (Fsp3) is 0.400. The monoisotopic (exact) mass is 303 g/mol. The Kier molecular flexibility index (Phi) is 2.41. The molecule has 13 heavy (non-hydrogen) atoms. The number of alkyl halides is 2. The molecule has 0 saturated carbocycles. The molecule has 0 bridgehead atoms. The Balaban J connectivity index is 2.47. The molecule has 3 heteroatoms. The van der Waals surface area contributed by atoms with Crippen LogP contribution in [0.2, 0.25) is 0 Å². The molecule has 0 fully saturated rings. The summed E-state index contributed by atoms with van der Waals surface area (Å²) in [5, 5.41) is 3.48. The molecule has 1 atom stereocenters. The third kappa shape index (κ3) is 1.42. The van der Waals surface area contributed by atoms with Gasteiger partial charge in [0.25, 0.3) is 0 Å². The molecule has 2 rings (SSSR count). The number of benzene rings is 1.